The third-order valence-electron chi connectivity index (χ3n) is 4.50. The van der Waals surface area contributed by atoms with Crippen LogP contribution in [0.25, 0.3) is 22.6 Å². The first kappa shape index (κ1) is 22.7. The Morgan fingerprint density at radius 2 is 1.74 bits per heavy atom. The lowest BCUT2D eigenvalue weighted by Gasteiger charge is -2.13. The molecule has 0 bridgehead atoms. The Hall–Kier alpha value is -2.97. The number of anilines is 1. The molecule has 4 N–H and O–H groups in total. The van der Waals surface area contributed by atoms with Crippen LogP contribution in [0.4, 0.5) is 5.69 Å². The van der Waals surface area contributed by atoms with E-state index in [1.54, 1.807) is 42.5 Å². The first-order valence-corrected chi connectivity index (χ1v) is 10.1. The third-order valence-corrected chi connectivity index (χ3v) is 5.19. The van der Waals surface area contributed by atoms with Crippen LogP contribution in [0.2, 0.25) is 10.0 Å². The van der Waals surface area contributed by atoms with Gasteiger partial charge < -0.3 is 15.2 Å². The van der Waals surface area contributed by atoms with Gasteiger partial charge in [0.1, 0.15) is 5.52 Å². The molecule has 0 saturated carbocycles. The first-order chi connectivity index (χ1) is 14.4. The second kappa shape index (κ2) is 9.45. The van der Waals surface area contributed by atoms with Crippen molar-refractivity contribution in [1.29, 1.82) is 0 Å². The number of oxazole rings is 1. The van der Waals surface area contributed by atoms with Gasteiger partial charge in [0.25, 0.3) is 5.91 Å². The second-order valence-electron chi connectivity index (χ2n) is 6.52. The molecule has 0 radical (unpaired) electrons. The number of hydrogen-bond donors (Lipinski definition) is 2. The Bertz CT molecular complexity index is 1270. The largest absolute Gasteiger partial charge is 0.436 e. The van der Waals surface area contributed by atoms with E-state index in [0.29, 0.717) is 32.6 Å². The van der Waals surface area contributed by atoms with Gasteiger partial charge >= 0.3 is 0 Å². The summed E-state index contributed by atoms with van der Waals surface area (Å²) < 4.78 is 5.87. The second-order valence-corrected chi connectivity index (χ2v) is 7.81. The summed E-state index contributed by atoms with van der Waals surface area (Å²) in [5, 5.41) is 7.05. The summed E-state index contributed by atoms with van der Waals surface area (Å²) in [6.45, 7) is 1.92. The molecule has 0 unspecified atom stereocenters. The lowest BCUT2D eigenvalue weighted by atomic mass is 10.1. The Morgan fingerprint density at radius 1 is 1.03 bits per heavy atom. The Balaban J connectivity index is 0.00000272. The van der Waals surface area contributed by atoms with Crippen LogP contribution in [0.15, 0.2) is 65.1 Å². The molecular weight excluding hydrogens is 457 g/mol. The molecule has 9 heteroatoms. The molecule has 4 aromatic rings. The number of aromatic nitrogens is 1. The van der Waals surface area contributed by atoms with Crippen molar-refractivity contribution in [3.05, 3.63) is 81.8 Å². The van der Waals surface area contributed by atoms with Crippen LogP contribution < -0.4 is 10.6 Å². The van der Waals surface area contributed by atoms with Crippen LogP contribution in [-0.4, -0.2) is 21.5 Å². The van der Waals surface area contributed by atoms with Crippen molar-refractivity contribution in [3.63, 3.8) is 0 Å². The van der Waals surface area contributed by atoms with Crippen molar-refractivity contribution < 1.29 is 14.7 Å². The van der Waals surface area contributed by atoms with Crippen molar-refractivity contribution in [2.45, 2.75) is 6.92 Å². The van der Waals surface area contributed by atoms with E-state index in [-0.39, 0.29) is 16.5 Å². The zero-order valence-electron chi connectivity index (χ0n) is 16.2. The van der Waals surface area contributed by atoms with Crippen molar-refractivity contribution in [3.8, 4) is 11.5 Å². The lowest BCUT2D eigenvalue weighted by Crippen LogP contribution is -2.34. The molecule has 1 amide bonds. The SMILES string of the molecule is Cc1c(NC(=S)NC(=O)c2ccc(Cl)cc2)cccc1-c1nc2cc(Cl)ccc2o1.O. The van der Waals surface area contributed by atoms with Gasteiger partial charge in [-0.2, -0.15) is 0 Å². The molecular formula is C22H17Cl2N3O3S. The minimum atomic E-state index is -0.325. The predicted octanol–water partition coefficient (Wildman–Crippen LogP) is 5.41. The van der Waals surface area contributed by atoms with Crippen LogP contribution in [0.5, 0.6) is 0 Å². The monoisotopic (exact) mass is 473 g/mol. The molecule has 0 aliphatic rings. The maximum absolute atomic E-state index is 12.3. The fourth-order valence-electron chi connectivity index (χ4n) is 2.95. The molecule has 1 aromatic heterocycles. The van der Waals surface area contributed by atoms with E-state index in [1.807, 2.05) is 25.1 Å². The van der Waals surface area contributed by atoms with Crippen molar-refractivity contribution in [2.24, 2.45) is 0 Å². The highest BCUT2D eigenvalue weighted by molar-refractivity contribution is 7.80. The fourth-order valence-corrected chi connectivity index (χ4v) is 3.44. The van der Waals surface area contributed by atoms with Gasteiger partial charge in [0.2, 0.25) is 5.89 Å². The smallest absolute Gasteiger partial charge is 0.257 e. The summed E-state index contributed by atoms with van der Waals surface area (Å²) in [5.74, 6) is 0.151. The molecule has 4 rings (SSSR count). The molecule has 158 valence electrons. The molecule has 0 aliphatic carbocycles. The predicted molar refractivity (Wildman–Crippen MR) is 128 cm³/mol. The number of hydrogen-bond acceptors (Lipinski definition) is 4. The van der Waals surface area contributed by atoms with Gasteiger partial charge in [0.05, 0.1) is 0 Å². The van der Waals surface area contributed by atoms with Crippen LogP contribution in [0, 0.1) is 6.92 Å². The number of thiocarbonyl (C=S) groups is 1. The zero-order valence-corrected chi connectivity index (χ0v) is 18.5. The Kier molecular flexibility index (Phi) is 6.92. The quantitative estimate of drug-likeness (QED) is 0.387. The number of benzene rings is 3. The Morgan fingerprint density at radius 3 is 2.48 bits per heavy atom. The minimum Gasteiger partial charge on any atom is -0.436 e. The van der Waals surface area contributed by atoms with E-state index in [9.17, 15) is 4.79 Å². The molecule has 0 fully saturated rings. The van der Waals surface area contributed by atoms with Gasteiger partial charge in [0, 0.05) is 26.9 Å². The molecule has 0 atom stereocenters. The van der Waals surface area contributed by atoms with Crippen LogP contribution in [0.3, 0.4) is 0 Å². The maximum Gasteiger partial charge on any atom is 0.257 e. The molecule has 3 aromatic carbocycles. The standard InChI is InChI=1S/C22H15Cl2N3O2S.H2O/c1-12-16(21-25-18-11-15(24)9-10-19(18)29-21)3-2-4-17(12)26-22(30)27-20(28)13-5-7-14(23)8-6-13;/h2-11H,1H3,(H2,26,27,28,30);1H2. The third kappa shape index (κ3) is 5.03. The van der Waals surface area contributed by atoms with Gasteiger partial charge in [-0.05, 0) is 79.3 Å². The highest BCUT2D eigenvalue weighted by Gasteiger charge is 2.14. The summed E-state index contributed by atoms with van der Waals surface area (Å²) in [6, 6.07) is 17.5. The lowest BCUT2D eigenvalue weighted by molar-refractivity contribution is 0.0977. The topological polar surface area (TPSA) is 98.7 Å². The van der Waals surface area contributed by atoms with E-state index in [0.717, 1.165) is 16.8 Å². The zero-order chi connectivity index (χ0) is 21.3. The van der Waals surface area contributed by atoms with Gasteiger partial charge in [-0.15, -0.1) is 0 Å². The van der Waals surface area contributed by atoms with Gasteiger partial charge in [-0.1, -0.05) is 29.3 Å². The molecule has 0 aliphatic heterocycles. The van der Waals surface area contributed by atoms with E-state index in [2.05, 4.69) is 15.6 Å². The normalized spacial score (nSPS) is 10.4. The highest BCUT2D eigenvalue weighted by atomic mass is 35.5. The summed E-state index contributed by atoms with van der Waals surface area (Å²) in [5.41, 5.74) is 4.20. The fraction of sp³-hybridized carbons (Fsp3) is 0.0455. The summed E-state index contributed by atoms with van der Waals surface area (Å²) in [7, 11) is 0. The first-order valence-electron chi connectivity index (χ1n) is 8.95. The van der Waals surface area contributed by atoms with E-state index < -0.39 is 0 Å². The van der Waals surface area contributed by atoms with Crippen molar-refractivity contribution in [2.75, 3.05) is 5.32 Å². The summed E-state index contributed by atoms with van der Waals surface area (Å²) in [4.78, 5) is 16.9. The average Bonchev–Trinajstić information content (AvgIpc) is 3.12. The molecule has 31 heavy (non-hydrogen) atoms. The number of fused-ring (bicyclic) bond motifs is 1. The highest BCUT2D eigenvalue weighted by Crippen LogP contribution is 2.31. The molecule has 0 spiro atoms. The number of carbonyl (C=O) groups excluding carboxylic acids is 1. The van der Waals surface area contributed by atoms with Crippen LogP contribution in [0.1, 0.15) is 15.9 Å². The number of halogens is 2. The van der Waals surface area contributed by atoms with Gasteiger partial charge in [0.15, 0.2) is 10.7 Å². The van der Waals surface area contributed by atoms with Gasteiger partial charge in [-0.25, -0.2) is 4.98 Å². The number of amides is 1. The van der Waals surface area contributed by atoms with Gasteiger partial charge in [-0.3, -0.25) is 10.1 Å². The van der Waals surface area contributed by atoms with Crippen molar-refractivity contribution in [1.82, 2.24) is 10.3 Å². The van der Waals surface area contributed by atoms with E-state index >= 15 is 0 Å². The Labute approximate surface area is 193 Å². The molecule has 6 nitrogen and oxygen atoms in total. The minimum absolute atomic E-state index is 0. The van der Waals surface area contributed by atoms with E-state index in [4.69, 9.17) is 39.8 Å². The summed E-state index contributed by atoms with van der Waals surface area (Å²) in [6.07, 6.45) is 0. The van der Waals surface area contributed by atoms with Crippen LogP contribution >= 0.6 is 35.4 Å². The number of carbonyl (C=O) groups is 1. The van der Waals surface area contributed by atoms with Crippen molar-refractivity contribution >= 4 is 63.2 Å². The number of nitrogens with zero attached hydrogens (tertiary/aromatic N) is 1. The van der Waals surface area contributed by atoms with E-state index in [1.165, 1.54) is 0 Å². The average molecular weight is 474 g/mol. The summed E-state index contributed by atoms with van der Waals surface area (Å²) >= 11 is 17.2. The maximum atomic E-state index is 12.3. The molecule has 1 heterocycles. The number of nitrogens with one attached hydrogen (secondary N) is 2. The molecule has 0 saturated heterocycles. The number of rotatable bonds is 3. The van der Waals surface area contributed by atoms with Crippen LogP contribution in [-0.2, 0) is 0 Å².